The Kier molecular flexibility index (Phi) is 7.03. The largest absolute Gasteiger partial charge is 0.489 e. The Labute approximate surface area is 149 Å². The molecule has 2 aromatic carbocycles. The van der Waals surface area contributed by atoms with Gasteiger partial charge in [-0.1, -0.05) is 24.3 Å². The van der Waals surface area contributed by atoms with Gasteiger partial charge in [0.05, 0.1) is 18.7 Å². The Morgan fingerprint density at radius 2 is 1.81 bits per heavy atom. The molecule has 0 aliphatic rings. The topological polar surface area (TPSA) is 47.6 Å². The summed E-state index contributed by atoms with van der Waals surface area (Å²) in [5.41, 5.74) is 0.874. The highest BCUT2D eigenvalue weighted by atomic mass is 19.4. The van der Waals surface area contributed by atoms with E-state index in [9.17, 15) is 18.0 Å². The number of nitrogens with one attached hydrogen (secondary N) is 1. The van der Waals surface area contributed by atoms with E-state index >= 15 is 0 Å². The Balaban J connectivity index is 1.85. The van der Waals surface area contributed by atoms with Crippen LogP contribution in [0.5, 0.6) is 5.75 Å². The van der Waals surface area contributed by atoms with Crippen LogP contribution in [0.25, 0.3) is 0 Å². The summed E-state index contributed by atoms with van der Waals surface area (Å²) in [6.45, 7) is 2.84. The van der Waals surface area contributed by atoms with Gasteiger partial charge in [0, 0.05) is 6.54 Å². The molecule has 0 saturated heterocycles. The van der Waals surface area contributed by atoms with Gasteiger partial charge in [-0.25, -0.2) is 0 Å². The molecule has 26 heavy (non-hydrogen) atoms. The van der Waals surface area contributed by atoms with Gasteiger partial charge in [-0.2, -0.15) is 13.2 Å². The lowest BCUT2D eigenvalue weighted by Gasteiger charge is -2.10. The molecular formula is C19H20F3NO3. The molecule has 4 nitrogen and oxygen atoms in total. The number of halogens is 3. The van der Waals surface area contributed by atoms with Crippen molar-refractivity contribution in [1.29, 1.82) is 0 Å². The van der Waals surface area contributed by atoms with Crippen molar-refractivity contribution in [2.24, 2.45) is 0 Å². The Hall–Kier alpha value is -2.54. The van der Waals surface area contributed by atoms with E-state index in [0.29, 0.717) is 24.5 Å². The third-order valence-corrected chi connectivity index (χ3v) is 3.49. The Bertz CT molecular complexity index is 715. The van der Waals surface area contributed by atoms with E-state index in [2.05, 4.69) is 5.32 Å². The van der Waals surface area contributed by atoms with Crippen molar-refractivity contribution in [2.75, 3.05) is 13.2 Å². The summed E-state index contributed by atoms with van der Waals surface area (Å²) >= 11 is 0. The van der Waals surface area contributed by atoms with Gasteiger partial charge in [-0.05, 0) is 42.3 Å². The fraction of sp³-hybridized carbons (Fsp3) is 0.316. The van der Waals surface area contributed by atoms with Crippen molar-refractivity contribution in [3.8, 4) is 5.75 Å². The summed E-state index contributed by atoms with van der Waals surface area (Å²) in [6.07, 6.45) is -4.34. The lowest BCUT2D eigenvalue weighted by molar-refractivity contribution is -0.142. The average Bonchev–Trinajstić information content (AvgIpc) is 2.60. The second-order valence-electron chi connectivity index (χ2n) is 5.54. The summed E-state index contributed by atoms with van der Waals surface area (Å²) in [5.74, 6) is 0.280. The van der Waals surface area contributed by atoms with Crippen molar-refractivity contribution < 1.29 is 27.4 Å². The molecule has 0 amide bonds. The smallest absolute Gasteiger partial charge is 0.416 e. The molecule has 0 heterocycles. The highest BCUT2D eigenvalue weighted by Gasteiger charge is 2.29. The van der Waals surface area contributed by atoms with E-state index in [0.717, 1.165) is 17.7 Å². The molecule has 0 saturated carbocycles. The van der Waals surface area contributed by atoms with Crippen LogP contribution in [0.15, 0.2) is 48.5 Å². The molecule has 2 rings (SSSR count). The molecule has 0 unspecified atom stereocenters. The second kappa shape index (κ2) is 9.24. The molecule has 0 aromatic heterocycles. The van der Waals surface area contributed by atoms with Gasteiger partial charge in [0.2, 0.25) is 0 Å². The van der Waals surface area contributed by atoms with Gasteiger partial charge in [0.1, 0.15) is 12.4 Å². The van der Waals surface area contributed by atoms with Crippen LogP contribution in [-0.2, 0) is 28.9 Å². The number of carbonyl (C=O) groups is 1. The maximum Gasteiger partial charge on any atom is 0.416 e. The van der Waals surface area contributed by atoms with Crippen LogP contribution in [0, 0.1) is 0 Å². The summed E-state index contributed by atoms with van der Waals surface area (Å²) in [5, 5.41) is 2.97. The number of esters is 1. The first kappa shape index (κ1) is 19.8. The van der Waals surface area contributed by atoms with Crippen molar-refractivity contribution in [3.63, 3.8) is 0 Å². The SMILES string of the molecule is CCOC(=O)CNCc1cccc(OCc2ccc(C(F)(F)F)cc2)c1. The number of rotatable bonds is 8. The first-order chi connectivity index (χ1) is 12.4. The molecule has 0 aliphatic heterocycles. The fourth-order valence-electron chi connectivity index (χ4n) is 2.22. The molecule has 2 aromatic rings. The number of carbonyl (C=O) groups excluding carboxylic acids is 1. The molecule has 7 heteroatoms. The predicted molar refractivity (Wildman–Crippen MR) is 90.6 cm³/mol. The fourth-order valence-corrected chi connectivity index (χ4v) is 2.22. The van der Waals surface area contributed by atoms with E-state index in [4.69, 9.17) is 9.47 Å². The monoisotopic (exact) mass is 367 g/mol. The molecule has 1 N–H and O–H groups in total. The van der Waals surface area contributed by atoms with E-state index in [1.807, 2.05) is 18.2 Å². The van der Waals surface area contributed by atoms with Gasteiger partial charge in [0.15, 0.2) is 0 Å². The molecule has 0 fully saturated rings. The van der Waals surface area contributed by atoms with E-state index < -0.39 is 11.7 Å². The van der Waals surface area contributed by atoms with Gasteiger partial charge in [-0.15, -0.1) is 0 Å². The predicted octanol–water partition coefficient (Wildman–Crippen LogP) is 3.94. The van der Waals surface area contributed by atoms with Gasteiger partial charge >= 0.3 is 12.1 Å². The summed E-state index contributed by atoms with van der Waals surface area (Å²) in [7, 11) is 0. The van der Waals surface area contributed by atoms with Gasteiger partial charge in [0.25, 0.3) is 0 Å². The maximum absolute atomic E-state index is 12.5. The molecule has 0 radical (unpaired) electrons. The molecular weight excluding hydrogens is 347 g/mol. The number of hydrogen-bond donors (Lipinski definition) is 1. The Morgan fingerprint density at radius 3 is 2.46 bits per heavy atom. The normalized spacial score (nSPS) is 11.2. The Morgan fingerprint density at radius 1 is 1.08 bits per heavy atom. The first-order valence-electron chi connectivity index (χ1n) is 8.12. The quantitative estimate of drug-likeness (QED) is 0.718. The summed E-state index contributed by atoms with van der Waals surface area (Å²) < 4.78 is 48.1. The highest BCUT2D eigenvalue weighted by molar-refractivity contribution is 5.71. The minimum atomic E-state index is -4.34. The van der Waals surface area contributed by atoms with Gasteiger partial charge < -0.3 is 14.8 Å². The lowest BCUT2D eigenvalue weighted by atomic mass is 10.1. The van der Waals surface area contributed by atoms with Crippen LogP contribution in [0.3, 0.4) is 0 Å². The van der Waals surface area contributed by atoms with E-state index in [1.165, 1.54) is 12.1 Å². The van der Waals surface area contributed by atoms with Crippen LogP contribution >= 0.6 is 0 Å². The number of hydrogen-bond acceptors (Lipinski definition) is 4. The van der Waals surface area contributed by atoms with Crippen LogP contribution < -0.4 is 10.1 Å². The average molecular weight is 367 g/mol. The van der Waals surface area contributed by atoms with E-state index in [1.54, 1.807) is 13.0 Å². The molecule has 140 valence electrons. The lowest BCUT2D eigenvalue weighted by Crippen LogP contribution is -2.24. The van der Waals surface area contributed by atoms with Crippen molar-refractivity contribution in [1.82, 2.24) is 5.32 Å². The van der Waals surface area contributed by atoms with E-state index in [-0.39, 0.29) is 19.1 Å². The standard InChI is InChI=1S/C19H20F3NO3/c1-2-25-18(24)12-23-11-15-4-3-5-17(10-15)26-13-14-6-8-16(9-7-14)19(20,21)22/h3-10,23H,2,11-13H2,1H3. The zero-order chi connectivity index (χ0) is 19.0. The first-order valence-corrected chi connectivity index (χ1v) is 8.12. The third-order valence-electron chi connectivity index (χ3n) is 3.49. The van der Waals surface area contributed by atoms with Crippen LogP contribution in [0.4, 0.5) is 13.2 Å². The second-order valence-corrected chi connectivity index (χ2v) is 5.54. The van der Waals surface area contributed by atoms with Crippen LogP contribution in [-0.4, -0.2) is 19.1 Å². The minimum absolute atomic E-state index is 0.116. The van der Waals surface area contributed by atoms with Crippen LogP contribution in [0.2, 0.25) is 0 Å². The minimum Gasteiger partial charge on any atom is -0.489 e. The summed E-state index contributed by atoms with van der Waals surface area (Å²) in [4.78, 5) is 11.3. The van der Waals surface area contributed by atoms with Crippen molar-refractivity contribution in [3.05, 3.63) is 65.2 Å². The summed E-state index contributed by atoms with van der Waals surface area (Å²) in [6, 6.07) is 12.1. The van der Waals surface area contributed by atoms with Crippen molar-refractivity contribution >= 4 is 5.97 Å². The van der Waals surface area contributed by atoms with Gasteiger partial charge in [-0.3, -0.25) is 4.79 Å². The van der Waals surface area contributed by atoms with Crippen molar-refractivity contribution in [2.45, 2.75) is 26.3 Å². The zero-order valence-electron chi connectivity index (χ0n) is 14.3. The number of benzene rings is 2. The number of ether oxygens (including phenoxy) is 2. The molecule has 0 atom stereocenters. The maximum atomic E-state index is 12.5. The number of alkyl halides is 3. The molecule has 0 aliphatic carbocycles. The highest BCUT2D eigenvalue weighted by Crippen LogP contribution is 2.29. The molecule has 0 bridgehead atoms. The zero-order valence-corrected chi connectivity index (χ0v) is 14.3. The van der Waals surface area contributed by atoms with Crippen LogP contribution in [0.1, 0.15) is 23.6 Å². The molecule has 0 spiro atoms. The third kappa shape index (κ3) is 6.40.